The van der Waals surface area contributed by atoms with E-state index in [-0.39, 0.29) is 13.2 Å². The van der Waals surface area contributed by atoms with Gasteiger partial charge in [-0.2, -0.15) is 0 Å². The SMILES string of the molecule is CC(C)(C)OC(=O)N1SO[C@@H]2COC[C@@]21C(=O)OC(C)(C)C. The zero-order valence-electron chi connectivity index (χ0n) is 13.8. The number of amides is 1. The summed E-state index contributed by atoms with van der Waals surface area (Å²) in [7, 11) is 0. The highest BCUT2D eigenvalue weighted by Gasteiger charge is 2.65. The first-order chi connectivity index (χ1) is 9.96. The van der Waals surface area contributed by atoms with Gasteiger partial charge in [0.1, 0.15) is 29.5 Å². The second-order valence-corrected chi connectivity index (χ2v) is 8.08. The standard InChI is InChI=1S/C14H23NO6S/c1-12(2,3)19-10(16)14-8-18-7-9(14)21-22-15(14)11(17)20-13(4,5)6/h9H,7-8H2,1-6H3/t9-,14+/m1/s1. The minimum Gasteiger partial charge on any atom is -0.458 e. The number of rotatable bonds is 1. The van der Waals surface area contributed by atoms with Gasteiger partial charge in [-0.15, -0.1) is 0 Å². The smallest absolute Gasteiger partial charge is 0.423 e. The molecule has 1 amide bonds. The van der Waals surface area contributed by atoms with Crippen LogP contribution in [-0.2, 0) is 23.2 Å². The molecule has 2 atom stereocenters. The topological polar surface area (TPSA) is 74.3 Å². The summed E-state index contributed by atoms with van der Waals surface area (Å²) >= 11 is 0.814. The third-order valence-electron chi connectivity index (χ3n) is 3.03. The number of esters is 1. The van der Waals surface area contributed by atoms with Crippen LogP contribution in [0.2, 0.25) is 0 Å². The average Bonchev–Trinajstić information content (AvgIpc) is 2.80. The Bertz CT molecular complexity index is 469. The van der Waals surface area contributed by atoms with Gasteiger partial charge in [-0.25, -0.2) is 13.9 Å². The maximum absolute atomic E-state index is 12.7. The summed E-state index contributed by atoms with van der Waals surface area (Å²) in [6, 6.07) is 0. The normalized spacial score (nSPS) is 28.5. The lowest BCUT2D eigenvalue weighted by molar-refractivity contribution is -0.167. The van der Waals surface area contributed by atoms with Gasteiger partial charge < -0.3 is 14.2 Å². The summed E-state index contributed by atoms with van der Waals surface area (Å²) in [4.78, 5) is 25.1. The first-order valence-corrected chi connectivity index (χ1v) is 7.83. The third kappa shape index (κ3) is 3.33. The lowest BCUT2D eigenvalue weighted by Gasteiger charge is -2.34. The number of hydrogen-bond acceptors (Lipinski definition) is 7. The van der Waals surface area contributed by atoms with E-state index in [1.54, 1.807) is 41.5 Å². The maximum Gasteiger partial charge on any atom is 0.423 e. The lowest BCUT2D eigenvalue weighted by atomic mass is 9.95. The number of hydrogen-bond donors (Lipinski definition) is 0. The summed E-state index contributed by atoms with van der Waals surface area (Å²) in [5.41, 5.74) is -2.66. The number of carbonyl (C=O) groups excluding carboxylic acids is 2. The van der Waals surface area contributed by atoms with Gasteiger partial charge in [0.2, 0.25) is 5.54 Å². The molecule has 0 aromatic heterocycles. The number of carbonyl (C=O) groups is 2. The number of fused-ring (bicyclic) bond motifs is 1. The Balaban J connectivity index is 2.26. The van der Waals surface area contributed by atoms with Crippen LogP contribution in [-0.4, -0.2) is 52.4 Å². The van der Waals surface area contributed by atoms with Crippen LogP contribution in [0.1, 0.15) is 41.5 Å². The molecular formula is C14H23NO6S. The second kappa shape index (κ2) is 5.58. The van der Waals surface area contributed by atoms with Gasteiger partial charge in [-0.1, -0.05) is 0 Å². The van der Waals surface area contributed by atoms with Crippen LogP contribution >= 0.6 is 12.2 Å². The highest BCUT2D eigenvalue weighted by atomic mass is 32.2. The third-order valence-corrected chi connectivity index (χ3v) is 3.97. The summed E-state index contributed by atoms with van der Waals surface area (Å²) < 4.78 is 22.9. The molecule has 126 valence electrons. The molecule has 8 heteroatoms. The van der Waals surface area contributed by atoms with Gasteiger partial charge >= 0.3 is 12.1 Å². The molecule has 0 spiro atoms. The molecule has 0 saturated carbocycles. The lowest BCUT2D eigenvalue weighted by Crippen LogP contribution is -2.59. The van der Waals surface area contributed by atoms with E-state index in [9.17, 15) is 9.59 Å². The van der Waals surface area contributed by atoms with Crippen LogP contribution in [0.5, 0.6) is 0 Å². The van der Waals surface area contributed by atoms with Gasteiger partial charge in [0.15, 0.2) is 0 Å². The van der Waals surface area contributed by atoms with Gasteiger partial charge in [0.25, 0.3) is 0 Å². The largest absolute Gasteiger partial charge is 0.458 e. The maximum atomic E-state index is 12.7. The fraction of sp³-hybridized carbons (Fsp3) is 0.857. The first-order valence-electron chi connectivity index (χ1n) is 7.13. The van der Waals surface area contributed by atoms with E-state index < -0.39 is 34.9 Å². The van der Waals surface area contributed by atoms with Crippen LogP contribution in [0.25, 0.3) is 0 Å². The van der Waals surface area contributed by atoms with Crippen molar-refractivity contribution >= 4 is 24.3 Å². The second-order valence-electron chi connectivity index (χ2n) is 7.38. The van der Waals surface area contributed by atoms with Crippen LogP contribution in [0.15, 0.2) is 0 Å². The fourth-order valence-electron chi connectivity index (χ4n) is 2.15. The van der Waals surface area contributed by atoms with Crippen LogP contribution in [0, 0.1) is 0 Å². The Morgan fingerprint density at radius 1 is 1.14 bits per heavy atom. The molecule has 2 fully saturated rings. The van der Waals surface area contributed by atoms with Crippen molar-refractivity contribution in [3.63, 3.8) is 0 Å². The molecule has 0 bridgehead atoms. The van der Waals surface area contributed by atoms with Crippen molar-refractivity contribution in [2.75, 3.05) is 13.2 Å². The van der Waals surface area contributed by atoms with Crippen molar-refractivity contribution in [2.45, 2.75) is 64.4 Å². The molecule has 0 radical (unpaired) electrons. The summed E-state index contributed by atoms with van der Waals surface area (Å²) in [5.74, 6) is -0.543. The van der Waals surface area contributed by atoms with Crippen LogP contribution in [0.3, 0.4) is 0 Å². The van der Waals surface area contributed by atoms with Gasteiger partial charge in [-0.3, -0.25) is 4.18 Å². The minimum absolute atomic E-state index is 0.0266. The Morgan fingerprint density at radius 3 is 2.27 bits per heavy atom. The monoisotopic (exact) mass is 333 g/mol. The minimum atomic E-state index is -1.31. The Hall–Kier alpha value is -0.990. The van der Waals surface area contributed by atoms with E-state index in [1.165, 1.54) is 4.31 Å². The highest BCUT2D eigenvalue weighted by molar-refractivity contribution is 7.93. The number of nitrogens with zero attached hydrogens (tertiary/aromatic N) is 1. The molecule has 0 N–H and O–H groups in total. The van der Waals surface area contributed by atoms with Crippen molar-refractivity contribution in [1.29, 1.82) is 0 Å². The van der Waals surface area contributed by atoms with Gasteiger partial charge in [0.05, 0.1) is 13.2 Å². The Labute approximate surface area is 134 Å². The van der Waals surface area contributed by atoms with Crippen molar-refractivity contribution in [3.8, 4) is 0 Å². The van der Waals surface area contributed by atoms with E-state index in [1.807, 2.05) is 0 Å². The molecule has 2 saturated heterocycles. The quantitative estimate of drug-likeness (QED) is 0.414. The molecule has 2 aliphatic heterocycles. The van der Waals surface area contributed by atoms with Gasteiger partial charge in [0, 0.05) is 0 Å². The molecule has 0 aliphatic carbocycles. The average molecular weight is 333 g/mol. The van der Waals surface area contributed by atoms with Crippen molar-refractivity contribution in [1.82, 2.24) is 4.31 Å². The molecule has 22 heavy (non-hydrogen) atoms. The van der Waals surface area contributed by atoms with E-state index >= 15 is 0 Å². The molecule has 0 unspecified atom stereocenters. The summed E-state index contributed by atoms with van der Waals surface area (Å²) in [6.07, 6.45) is -1.21. The molecule has 0 aromatic rings. The molecule has 2 heterocycles. The zero-order valence-corrected chi connectivity index (χ0v) is 14.6. The molecule has 2 rings (SSSR count). The van der Waals surface area contributed by atoms with E-state index in [0.717, 1.165) is 12.2 Å². The molecule has 7 nitrogen and oxygen atoms in total. The van der Waals surface area contributed by atoms with Crippen LogP contribution < -0.4 is 0 Å². The predicted molar refractivity (Wildman–Crippen MR) is 79.9 cm³/mol. The Kier molecular flexibility index (Phi) is 4.40. The van der Waals surface area contributed by atoms with E-state index in [2.05, 4.69) is 0 Å². The summed E-state index contributed by atoms with van der Waals surface area (Å²) in [6.45, 7) is 10.8. The zero-order chi connectivity index (χ0) is 16.8. The van der Waals surface area contributed by atoms with Crippen LogP contribution in [0.4, 0.5) is 4.79 Å². The molecule has 2 aliphatic rings. The van der Waals surface area contributed by atoms with Crippen molar-refractivity contribution < 1.29 is 28.0 Å². The Morgan fingerprint density at radius 2 is 1.73 bits per heavy atom. The first kappa shape index (κ1) is 17.4. The van der Waals surface area contributed by atoms with Crippen molar-refractivity contribution in [2.24, 2.45) is 0 Å². The van der Waals surface area contributed by atoms with E-state index in [4.69, 9.17) is 18.4 Å². The van der Waals surface area contributed by atoms with E-state index in [0.29, 0.717) is 0 Å². The van der Waals surface area contributed by atoms with Gasteiger partial charge in [-0.05, 0) is 41.5 Å². The molecule has 0 aromatic carbocycles. The number of ether oxygens (including phenoxy) is 3. The fourth-order valence-corrected chi connectivity index (χ4v) is 3.03. The molecular weight excluding hydrogens is 310 g/mol. The predicted octanol–water partition coefficient (Wildman–Crippen LogP) is 2.30. The highest BCUT2D eigenvalue weighted by Crippen LogP contribution is 2.45. The summed E-state index contributed by atoms with van der Waals surface area (Å²) in [5, 5.41) is 0. The van der Waals surface area contributed by atoms with Crippen molar-refractivity contribution in [3.05, 3.63) is 0 Å².